The minimum absolute atomic E-state index is 0.114. The van der Waals surface area contributed by atoms with Crippen molar-refractivity contribution in [1.82, 2.24) is 0 Å². The summed E-state index contributed by atoms with van der Waals surface area (Å²) in [5, 5.41) is 11.7. The molecule has 0 fully saturated rings. The molecule has 3 nitrogen and oxygen atoms in total. The summed E-state index contributed by atoms with van der Waals surface area (Å²) in [4.78, 5) is 12.1. The van der Waals surface area contributed by atoms with Gasteiger partial charge in [-0.3, -0.25) is 0 Å². The number of phenolic OH excluding ortho intramolecular Hbond substituents is 1. The summed E-state index contributed by atoms with van der Waals surface area (Å²) in [5.74, 6) is 5.84. The fourth-order valence-electron chi connectivity index (χ4n) is 2.21. The van der Waals surface area contributed by atoms with E-state index in [9.17, 15) is 9.90 Å². The van der Waals surface area contributed by atoms with E-state index in [1.54, 1.807) is 12.1 Å². The lowest BCUT2D eigenvalue weighted by Gasteiger charge is -2.05. The van der Waals surface area contributed by atoms with Gasteiger partial charge in [0.25, 0.3) is 0 Å². The van der Waals surface area contributed by atoms with Gasteiger partial charge in [-0.05, 0) is 18.2 Å². The predicted molar refractivity (Wildman–Crippen MR) is 83.8 cm³/mol. The Labute approximate surface area is 125 Å². The molecular formula is C17H11ClO3. The Morgan fingerprint density at radius 1 is 1.19 bits per heavy atom. The highest BCUT2D eigenvalue weighted by Gasteiger charge is 2.10. The second kappa shape index (κ2) is 5.16. The SMILES string of the molecule is CCC#Cc1ccc2c(c1)c(=O)oc1cc(O)c(Cl)cc12. The van der Waals surface area contributed by atoms with Crippen LogP contribution in [0.25, 0.3) is 21.7 Å². The van der Waals surface area contributed by atoms with Crippen LogP contribution in [-0.4, -0.2) is 5.11 Å². The maximum atomic E-state index is 12.1. The average molecular weight is 299 g/mol. The fourth-order valence-corrected chi connectivity index (χ4v) is 2.37. The van der Waals surface area contributed by atoms with Gasteiger partial charge >= 0.3 is 5.63 Å². The molecule has 21 heavy (non-hydrogen) atoms. The number of hydrogen-bond acceptors (Lipinski definition) is 3. The van der Waals surface area contributed by atoms with Crippen molar-refractivity contribution in [2.24, 2.45) is 0 Å². The highest BCUT2D eigenvalue weighted by Crippen LogP contribution is 2.32. The molecule has 0 bridgehead atoms. The quantitative estimate of drug-likeness (QED) is 0.387. The molecule has 0 saturated heterocycles. The molecule has 0 radical (unpaired) electrons. The summed E-state index contributed by atoms with van der Waals surface area (Å²) in [7, 11) is 0. The Hall–Kier alpha value is -2.44. The first-order chi connectivity index (χ1) is 10.1. The second-order valence-electron chi connectivity index (χ2n) is 4.60. The Morgan fingerprint density at radius 2 is 2.00 bits per heavy atom. The van der Waals surface area contributed by atoms with Gasteiger partial charge in [0.1, 0.15) is 11.3 Å². The number of phenols is 1. The Morgan fingerprint density at radius 3 is 2.76 bits per heavy atom. The van der Waals surface area contributed by atoms with Crippen LogP contribution in [0.3, 0.4) is 0 Å². The smallest absolute Gasteiger partial charge is 0.344 e. The van der Waals surface area contributed by atoms with Gasteiger partial charge < -0.3 is 9.52 Å². The Balaban J connectivity index is 2.40. The summed E-state index contributed by atoms with van der Waals surface area (Å²) in [6, 6.07) is 8.33. The number of fused-ring (bicyclic) bond motifs is 3. The van der Waals surface area contributed by atoms with Crippen molar-refractivity contribution >= 4 is 33.3 Å². The molecular weight excluding hydrogens is 288 g/mol. The largest absolute Gasteiger partial charge is 0.506 e. The van der Waals surface area contributed by atoms with Crippen molar-refractivity contribution in [2.75, 3.05) is 0 Å². The van der Waals surface area contributed by atoms with Gasteiger partial charge in [-0.15, -0.1) is 0 Å². The number of aromatic hydroxyl groups is 1. The Bertz CT molecular complexity index is 974. The third kappa shape index (κ3) is 2.35. The molecule has 0 spiro atoms. The van der Waals surface area contributed by atoms with Crippen molar-refractivity contribution in [3.05, 3.63) is 51.3 Å². The molecule has 0 aliphatic heterocycles. The van der Waals surface area contributed by atoms with Crippen LogP contribution < -0.4 is 5.63 Å². The first-order valence-corrected chi connectivity index (χ1v) is 6.86. The molecule has 0 aliphatic rings. The molecule has 2 aromatic carbocycles. The fraction of sp³-hybridized carbons (Fsp3) is 0.118. The molecule has 0 amide bonds. The standard InChI is InChI=1S/C17H11ClO3/c1-2-3-4-10-5-6-11-12-8-14(18)15(19)9-16(12)21-17(20)13(11)7-10/h5-9,19H,2H2,1H3. The second-order valence-corrected chi connectivity index (χ2v) is 5.01. The van der Waals surface area contributed by atoms with Gasteiger partial charge in [-0.2, -0.15) is 0 Å². The summed E-state index contributed by atoms with van der Waals surface area (Å²) < 4.78 is 5.25. The highest BCUT2D eigenvalue weighted by molar-refractivity contribution is 6.33. The van der Waals surface area contributed by atoms with Gasteiger partial charge in [0.05, 0.1) is 10.4 Å². The monoisotopic (exact) mass is 298 g/mol. The van der Waals surface area contributed by atoms with Crippen molar-refractivity contribution in [1.29, 1.82) is 0 Å². The Kier molecular flexibility index (Phi) is 3.32. The maximum Gasteiger partial charge on any atom is 0.344 e. The van der Waals surface area contributed by atoms with Crippen molar-refractivity contribution < 1.29 is 9.52 Å². The van der Waals surface area contributed by atoms with Crippen molar-refractivity contribution in [2.45, 2.75) is 13.3 Å². The van der Waals surface area contributed by atoms with Gasteiger partial charge in [-0.25, -0.2) is 4.79 Å². The minimum Gasteiger partial charge on any atom is -0.506 e. The summed E-state index contributed by atoms with van der Waals surface area (Å²) in [6.07, 6.45) is 0.749. The number of halogens is 1. The van der Waals surface area contributed by atoms with Crippen LogP contribution in [-0.2, 0) is 0 Å². The normalized spacial score (nSPS) is 10.6. The van der Waals surface area contributed by atoms with E-state index >= 15 is 0 Å². The zero-order valence-corrected chi connectivity index (χ0v) is 12.0. The summed E-state index contributed by atoms with van der Waals surface area (Å²) in [6.45, 7) is 1.96. The topological polar surface area (TPSA) is 50.4 Å². The molecule has 0 aliphatic carbocycles. The van der Waals surface area contributed by atoms with Crippen LogP contribution in [0, 0.1) is 11.8 Å². The molecule has 3 aromatic rings. The molecule has 1 aromatic heterocycles. The third-order valence-electron chi connectivity index (χ3n) is 3.19. The van der Waals surface area contributed by atoms with E-state index in [1.165, 1.54) is 6.07 Å². The average Bonchev–Trinajstić information content (AvgIpc) is 2.47. The zero-order chi connectivity index (χ0) is 15.0. The van der Waals surface area contributed by atoms with E-state index < -0.39 is 5.63 Å². The highest BCUT2D eigenvalue weighted by atomic mass is 35.5. The van der Waals surface area contributed by atoms with Crippen molar-refractivity contribution in [3.63, 3.8) is 0 Å². The summed E-state index contributed by atoms with van der Waals surface area (Å²) in [5.41, 5.74) is 0.613. The van der Waals surface area contributed by atoms with E-state index in [4.69, 9.17) is 16.0 Å². The van der Waals surface area contributed by atoms with Crippen LogP contribution in [0.4, 0.5) is 0 Å². The molecule has 104 valence electrons. The van der Waals surface area contributed by atoms with Crippen molar-refractivity contribution in [3.8, 4) is 17.6 Å². The van der Waals surface area contributed by atoms with E-state index in [-0.39, 0.29) is 10.8 Å². The first-order valence-electron chi connectivity index (χ1n) is 6.48. The first kappa shape index (κ1) is 13.5. The number of benzene rings is 2. The molecule has 3 rings (SSSR count). The van der Waals surface area contributed by atoms with E-state index in [1.807, 2.05) is 19.1 Å². The molecule has 0 atom stereocenters. The lowest BCUT2D eigenvalue weighted by atomic mass is 10.0. The number of rotatable bonds is 0. The van der Waals surface area contributed by atoms with Crippen LogP contribution >= 0.6 is 11.6 Å². The van der Waals surface area contributed by atoms with E-state index in [0.29, 0.717) is 16.4 Å². The van der Waals surface area contributed by atoms with Crippen LogP contribution in [0.15, 0.2) is 39.5 Å². The third-order valence-corrected chi connectivity index (χ3v) is 3.49. The van der Waals surface area contributed by atoms with E-state index in [2.05, 4.69) is 11.8 Å². The van der Waals surface area contributed by atoms with Gasteiger partial charge in [0.15, 0.2) is 0 Å². The lowest BCUT2D eigenvalue weighted by molar-refractivity contribution is 0.473. The number of hydrogen-bond donors (Lipinski definition) is 1. The van der Waals surface area contributed by atoms with Crippen LogP contribution in [0.2, 0.25) is 5.02 Å². The zero-order valence-electron chi connectivity index (χ0n) is 11.2. The van der Waals surface area contributed by atoms with E-state index in [0.717, 1.165) is 17.4 Å². The summed E-state index contributed by atoms with van der Waals surface area (Å²) >= 11 is 5.94. The molecule has 0 unspecified atom stereocenters. The maximum absolute atomic E-state index is 12.1. The van der Waals surface area contributed by atoms with Crippen LogP contribution in [0.5, 0.6) is 5.75 Å². The van der Waals surface area contributed by atoms with Gasteiger partial charge in [0.2, 0.25) is 0 Å². The molecule has 1 heterocycles. The van der Waals surface area contributed by atoms with Gasteiger partial charge in [-0.1, -0.05) is 36.4 Å². The predicted octanol–water partition coefficient (Wildman–Crippen LogP) is 4.07. The molecule has 4 heteroatoms. The van der Waals surface area contributed by atoms with Gasteiger partial charge in [0, 0.05) is 28.8 Å². The lowest BCUT2D eigenvalue weighted by Crippen LogP contribution is -2.00. The molecule has 0 saturated carbocycles. The van der Waals surface area contributed by atoms with Crippen LogP contribution in [0.1, 0.15) is 18.9 Å². The molecule has 1 N–H and O–H groups in total. The minimum atomic E-state index is -0.459.